The molecule has 0 aliphatic heterocycles. The molecule has 0 amide bonds. The van der Waals surface area contributed by atoms with Gasteiger partial charge in [0, 0.05) is 19.3 Å². The molecule has 0 atom stereocenters. The van der Waals surface area contributed by atoms with E-state index in [1.165, 1.54) is 0 Å². The lowest BCUT2D eigenvalue weighted by molar-refractivity contribution is 0.475. The van der Waals surface area contributed by atoms with E-state index in [-0.39, 0.29) is 0 Å². The van der Waals surface area contributed by atoms with Crippen molar-refractivity contribution in [2.45, 2.75) is 20.0 Å². The van der Waals surface area contributed by atoms with E-state index in [1.54, 1.807) is 18.3 Å². The number of hydrogen-bond donors (Lipinski definition) is 2. The minimum absolute atomic E-state index is 0.292. The lowest BCUT2D eigenvalue weighted by Gasteiger charge is -2.05. The van der Waals surface area contributed by atoms with Gasteiger partial charge in [-0.1, -0.05) is 12.1 Å². The van der Waals surface area contributed by atoms with Crippen LogP contribution in [0.25, 0.3) is 0 Å². The van der Waals surface area contributed by atoms with Crippen molar-refractivity contribution >= 4 is 0 Å². The highest BCUT2D eigenvalue weighted by Crippen LogP contribution is 2.09. The van der Waals surface area contributed by atoms with Crippen molar-refractivity contribution in [1.82, 2.24) is 15.3 Å². The van der Waals surface area contributed by atoms with Crippen LogP contribution in [0.15, 0.2) is 36.5 Å². The lowest BCUT2D eigenvalue weighted by atomic mass is 10.2. The van der Waals surface area contributed by atoms with Crippen LogP contribution in [0.1, 0.15) is 17.1 Å². The van der Waals surface area contributed by atoms with Crippen molar-refractivity contribution in [3.05, 3.63) is 53.6 Å². The number of nitrogens with one attached hydrogen (secondary N) is 1. The summed E-state index contributed by atoms with van der Waals surface area (Å²) in [4.78, 5) is 8.35. The fourth-order valence-electron chi connectivity index (χ4n) is 1.55. The van der Waals surface area contributed by atoms with Crippen molar-refractivity contribution < 1.29 is 5.11 Å². The van der Waals surface area contributed by atoms with Gasteiger partial charge in [-0.3, -0.25) is 0 Å². The molecule has 0 saturated carbocycles. The smallest absolute Gasteiger partial charge is 0.125 e. The van der Waals surface area contributed by atoms with E-state index >= 15 is 0 Å². The molecule has 0 fully saturated rings. The van der Waals surface area contributed by atoms with Crippen molar-refractivity contribution in [3.63, 3.8) is 0 Å². The first-order valence-corrected chi connectivity index (χ1v) is 5.51. The number of benzene rings is 1. The van der Waals surface area contributed by atoms with Gasteiger partial charge in [0.25, 0.3) is 0 Å². The summed E-state index contributed by atoms with van der Waals surface area (Å²) in [6, 6.07) is 9.07. The number of aromatic nitrogens is 2. The number of hydrogen-bond acceptors (Lipinski definition) is 4. The molecular weight excluding hydrogens is 214 g/mol. The normalized spacial score (nSPS) is 10.4. The van der Waals surface area contributed by atoms with Crippen LogP contribution in [-0.2, 0) is 13.1 Å². The standard InChI is InChI=1S/C13H15N3O/c1-10-15-7-6-12(16-10)9-14-8-11-2-4-13(17)5-3-11/h2-7,14,17H,8-9H2,1H3. The summed E-state index contributed by atoms with van der Waals surface area (Å²) in [6.07, 6.45) is 1.76. The zero-order valence-corrected chi connectivity index (χ0v) is 9.72. The molecule has 4 nitrogen and oxygen atoms in total. The predicted molar refractivity (Wildman–Crippen MR) is 65.4 cm³/mol. The first kappa shape index (κ1) is 11.5. The predicted octanol–water partition coefficient (Wildman–Crippen LogP) is 1.78. The second-order valence-electron chi connectivity index (χ2n) is 3.87. The molecule has 1 aromatic heterocycles. The van der Waals surface area contributed by atoms with Crippen LogP contribution in [0.4, 0.5) is 0 Å². The molecule has 0 aliphatic rings. The molecule has 0 saturated heterocycles. The van der Waals surface area contributed by atoms with Gasteiger partial charge >= 0.3 is 0 Å². The third-order valence-corrected chi connectivity index (χ3v) is 2.41. The van der Waals surface area contributed by atoms with Gasteiger partial charge in [0.15, 0.2) is 0 Å². The molecule has 0 aliphatic carbocycles. The van der Waals surface area contributed by atoms with Crippen LogP contribution >= 0.6 is 0 Å². The van der Waals surface area contributed by atoms with Crippen LogP contribution in [-0.4, -0.2) is 15.1 Å². The van der Waals surface area contributed by atoms with Gasteiger partial charge in [-0.25, -0.2) is 9.97 Å². The number of aryl methyl sites for hydroxylation is 1. The van der Waals surface area contributed by atoms with Crippen LogP contribution in [0.2, 0.25) is 0 Å². The SMILES string of the molecule is Cc1nccc(CNCc2ccc(O)cc2)n1. The van der Waals surface area contributed by atoms with Gasteiger partial charge in [0.05, 0.1) is 5.69 Å². The first-order chi connectivity index (χ1) is 8.24. The molecule has 2 N–H and O–H groups in total. The Bertz CT molecular complexity index is 482. The van der Waals surface area contributed by atoms with Crippen molar-refractivity contribution in [2.75, 3.05) is 0 Å². The van der Waals surface area contributed by atoms with E-state index in [4.69, 9.17) is 5.11 Å². The Labute approximate surface area is 100 Å². The van der Waals surface area contributed by atoms with E-state index in [2.05, 4.69) is 15.3 Å². The quantitative estimate of drug-likeness (QED) is 0.839. The van der Waals surface area contributed by atoms with Crippen LogP contribution in [0, 0.1) is 6.92 Å². The van der Waals surface area contributed by atoms with Crippen molar-refractivity contribution in [3.8, 4) is 5.75 Å². The highest BCUT2D eigenvalue weighted by molar-refractivity contribution is 5.25. The molecule has 2 rings (SSSR count). The molecular formula is C13H15N3O. The summed E-state index contributed by atoms with van der Waals surface area (Å²) in [5.41, 5.74) is 2.12. The largest absolute Gasteiger partial charge is 0.508 e. The highest BCUT2D eigenvalue weighted by atomic mass is 16.3. The summed E-state index contributed by atoms with van der Waals surface area (Å²) in [7, 11) is 0. The molecule has 4 heteroatoms. The average Bonchev–Trinajstić information content (AvgIpc) is 2.32. The fourth-order valence-corrected chi connectivity index (χ4v) is 1.55. The van der Waals surface area contributed by atoms with Gasteiger partial charge in [0.1, 0.15) is 11.6 Å². The maximum Gasteiger partial charge on any atom is 0.125 e. The zero-order valence-electron chi connectivity index (χ0n) is 9.72. The summed E-state index contributed by atoms with van der Waals surface area (Å²) in [6.45, 7) is 3.34. The average molecular weight is 229 g/mol. The van der Waals surface area contributed by atoms with Crippen molar-refractivity contribution in [1.29, 1.82) is 0 Å². The molecule has 0 spiro atoms. The Morgan fingerprint density at radius 2 is 1.88 bits per heavy atom. The third kappa shape index (κ3) is 3.53. The second kappa shape index (κ2) is 5.41. The molecule has 0 radical (unpaired) electrons. The monoisotopic (exact) mass is 229 g/mol. The third-order valence-electron chi connectivity index (χ3n) is 2.41. The molecule has 1 heterocycles. The maximum atomic E-state index is 9.15. The minimum Gasteiger partial charge on any atom is -0.508 e. The Kier molecular flexibility index (Phi) is 3.67. The Morgan fingerprint density at radius 3 is 2.59 bits per heavy atom. The zero-order chi connectivity index (χ0) is 12.1. The summed E-state index contributed by atoms with van der Waals surface area (Å²) in [5.74, 6) is 1.08. The van der Waals surface area contributed by atoms with E-state index in [0.29, 0.717) is 12.3 Å². The van der Waals surface area contributed by atoms with E-state index in [0.717, 1.165) is 23.6 Å². The minimum atomic E-state index is 0.292. The second-order valence-corrected chi connectivity index (χ2v) is 3.87. The molecule has 0 bridgehead atoms. The Hall–Kier alpha value is -1.94. The van der Waals surface area contributed by atoms with Gasteiger partial charge < -0.3 is 10.4 Å². The fraction of sp³-hybridized carbons (Fsp3) is 0.231. The molecule has 1 aromatic carbocycles. The van der Waals surface area contributed by atoms with Gasteiger partial charge in [0.2, 0.25) is 0 Å². The lowest BCUT2D eigenvalue weighted by Crippen LogP contribution is -2.14. The highest BCUT2D eigenvalue weighted by Gasteiger charge is 1.96. The Balaban J connectivity index is 1.85. The molecule has 2 aromatic rings. The number of phenols is 1. The van der Waals surface area contributed by atoms with Gasteiger partial charge in [-0.2, -0.15) is 0 Å². The Morgan fingerprint density at radius 1 is 1.12 bits per heavy atom. The van der Waals surface area contributed by atoms with Gasteiger partial charge in [-0.15, -0.1) is 0 Å². The van der Waals surface area contributed by atoms with Crippen LogP contribution in [0.3, 0.4) is 0 Å². The summed E-state index contributed by atoms with van der Waals surface area (Å²) < 4.78 is 0. The summed E-state index contributed by atoms with van der Waals surface area (Å²) >= 11 is 0. The number of nitrogens with zero attached hydrogens (tertiary/aromatic N) is 2. The maximum absolute atomic E-state index is 9.15. The number of aromatic hydroxyl groups is 1. The van der Waals surface area contributed by atoms with Crippen LogP contribution in [0.5, 0.6) is 5.75 Å². The first-order valence-electron chi connectivity index (χ1n) is 5.51. The molecule has 88 valence electrons. The number of rotatable bonds is 4. The number of phenolic OH excluding ortho intramolecular Hbond substituents is 1. The van der Waals surface area contributed by atoms with E-state index in [1.807, 2.05) is 25.1 Å². The molecule has 0 unspecified atom stereocenters. The topological polar surface area (TPSA) is 58.0 Å². The molecule has 17 heavy (non-hydrogen) atoms. The van der Waals surface area contributed by atoms with E-state index in [9.17, 15) is 0 Å². The van der Waals surface area contributed by atoms with Crippen molar-refractivity contribution in [2.24, 2.45) is 0 Å². The summed E-state index contributed by atoms with van der Waals surface area (Å²) in [5, 5.41) is 12.4. The van der Waals surface area contributed by atoms with Gasteiger partial charge in [-0.05, 0) is 30.7 Å². The van der Waals surface area contributed by atoms with E-state index < -0.39 is 0 Å². The van der Waals surface area contributed by atoms with Crippen LogP contribution < -0.4 is 5.32 Å².